The lowest BCUT2D eigenvalue weighted by Gasteiger charge is -2.51. The largest absolute Gasteiger partial charge is 0.490 e. The van der Waals surface area contributed by atoms with E-state index in [1.165, 1.54) is 20.8 Å². The highest BCUT2D eigenvalue weighted by Gasteiger charge is 2.64. The highest BCUT2D eigenvalue weighted by Crippen LogP contribution is 2.41. The number of hydrogen-bond donors (Lipinski definition) is 0. The summed E-state index contributed by atoms with van der Waals surface area (Å²) in [5, 5.41) is 0. The van der Waals surface area contributed by atoms with Crippen molar-refractivity contribution in [3.05, 3.63) is 72.8 Å². The van der Waals surface area contributed by atoms with E-state index in [-0.39, 0.29) is 13.0 Å². The number of rotatable bonds is 12. The molecule has 0 amide bonds. The molecule has 220 valence electrons. The van der Waals surface area contributed by atoms with Crippen LogP contribution < -0.4 is 9.47 Å². The van der Waals surface area contributed by atoms with E-state index in [9.17, 15) is 19.2 Å². The Bertz CT molecular complexity index is 1210. The summed E-state index contributed by atoms with van der Waals surface area (Å²) in [6, 6.07) is 15.5. The minimum atomic E-state index is -1.87. The van der Waals surface area contributed by atoms with Gasteiger partial charge in [0.15, 0.2) is 12.2 Å². The maximum Gasteiger partial charge on any atom is 0.303 e. The maximum absolute atomic E-state index is 12.7. The second-order valence-corrected chi connectivity index (χ2v) is 9.31. The van der Waals surface area contributed by atoms with E-state index < -0.39 is 54.1 Å². The van der Waals surface area contributed by atoms with E-state index in [1.807, 2.05) is 0 Å². The molecule has 1 heterocycles. The van der Waals surface area contributed by atoms with Crippen LogP contribution in [0.15, 0.2) is 67.3 Å². The Kier molecular flexibility index (Phi) is 10.9. The molecule has 0 saturated carbocycles. The summed E-state index contributed by atoms with van der Waals surface area (Å²) in [5.41, 5.74) is -1.25. The fourth-order valence-corrected chi connectivity index (χ4v) is 4.49. The average molecular weight is 571 g/mol. The van der Waals surface area contributed by atoms with Gasteiger partial charge in [0.2, 0.25) is 11.9 Å². The van der Waals surface area contributed by atoms with Gasteiger partial charge in [0.25, 0.3) is 0 Å². The van der Waals surface area contributed by atoms with Crippen molar-refractivity contribution in [2.75, 3.05) is 13.2 Å². The summed E-state index contributed by atoms with van der Waals surface area (Å²) in [6.45, 7) is 8.29. The standard InChI is InChI=1S/C30H34O11/c1-6-16-35-24-14-12-23(13-15-24)17-30(41-22(5)34)28(38-21(4)33)27(37-20(3)32)26(18-36-19(2)31)40-29(30)39-25-10-8-7-9-11-25/h6-15,26-29H,1,16-18H2,2-5H3/t26-,27-,28+,29+,30-/m1/s1. The van der Waals surface area contributed by atoms with Crippen molar-refractivity contribution in [3.8, 4) is 11.5 Å². The van der Waals surface area contributed by atoms with Crippen molar-refractivity contribution in [2.24, 2.45) is 0 Å². The van der Waals surface area contributed by atoms with Gasteiger partial charge in [-0.2, -0.15) is 0 Å². The van der Waals surface area contributed by atoms with Crippen LogP contribution >= 0.6 is 0 Å². The molecule has 0 N–H and O–H groups in total. The van der Waals surface area contributed by atoms with Crippen molar-refractivity contribution in [2.45, 2.75) is 64.3 Å². The van der Waals surface area contributed by atoms with Gasteiger partial charge >= 0.3 is 23.9 Å². The van der Waals surface area contributed by atoms with Gasteiger partial charge in [-0.3, -0.25) is 19.2 Å². The normalized spacial score (nSPS) is 23.4. The van der Waals surface area contributed by atoms with E-state index >= 15 is 0 Å². The van der Waals surface area contributed by atoms with Crippen LogP contribution in [-0.2, 0) is 49.3 Å². The van der Waals surface area contributed by atoms with Crippen molar-refractivity contribution in [1.29, 1.82) is 0 Å². The fourth-order valence-electron chi connectivity index (χ4n) is 4.49. The second kappa shape index (κ2) is 14.3. The van der Waals surface area contributed by atoms with Crippen LogP contribution in [0, 0.1) is 0 Å². The van der Waals surface area contributed by atoms with E-state index in [2.05, 4.69) is 6.58 Å². The van der Waals surface area contributed by atoms with Crippen molar-refractivity contribution < 1.29 is 52.3 Å². The monoisotopic (exact) mass is 570 g/mol. The van der Waals surface area contributed by atoms with E-state index in [0.29, 0.717) is 23.7 Å². The molecule has 0 spiro atoms. The lowest BCUT2D eigenvalue weighted by Crippen LogP contribution is -2.72. The number of para-hydroxylation sites is 1. The van der Waals surface area contributed by atoms with Crippen LogP contribution in [0.25, 0.3) is 0 Å². The van der Waals surface area contributed by atoms with Crippen molar-refractivity contribution in [1.82, 2.24) is 0 Å². The Balaban J connectivity index is 2.18. The number of benzene rings is 2. The Labute approximate surface area is 238 Å². The van der Waals surface area contributed by atoms with Gasteiger partial charge in [0.1, 0.15) is 30.8 Å². The summed E-state index contributed by atoms with van der Waals surface area (Å²) in [6.07, 6.45) is -3.84. The predicted molar refractivity (Wildman–Crippen MR) is 144 cm³/mol. The smallest absolute Gasteiger partial charge is 0.303 e. The third-order valence-electron chi connectivity index (χ3n) is 5.98. The molecule has 0 aromatic heterocycles. The first kappa shape index (κ1) is 31.2. The van der Waals surface area contributed by atoms with Crippen LogP contribution in [0.3, 0.4) is 0 Å². The first-order valence-electron chi connectivity index (χ1n) is 12.9. The minimum Gasteiger partial charge on any atom is -0.490 e. The Morgan fingerprint density at radius 1 is 0.854 bits per heavy atom. The number of carbonyl (C=O) groups is 4. The topological polar surface area (TPSA) is 133 Å². The van der Waals surface area contributed by atoms with Crippen LogP contribution in [0.2, 0.25) is 0 Å². The number of ether oxygens (including phenoxy) is 7. The van der Waals surface area contributed by atoms with Gasteiger partial charge < -0.3 is 33.2 Å². The molecule has 5 atom stereocenters. The minimum absolute atomic E-state index is 0.0954. The van der Waals surface area contributed by atoms with Crippen LogP contribution in [0.4, 0.5) is 0 Å². The number of hydrogen-bond acceptors (Lipinski definition) is 11. The predicted octanol–water partition coefficient (Wildman–Crippen LogP) is 3.33. The molecule has 3 rings (SSSR count). The molecular weight excluding hydrogens is 536 g/mol. The summed E-state index contributed by atoms with van der Waals surface area (Å²) >= 11 is 0. The van der Waals surface area contributed by atoms with Crippen molar-refractivity contribution in [3.63, 3.8) is 0 Å². The van der Waals surface area contributed by atoms with Gasteiger partial charge in [-0.1, -0.05) is 43.0 Å². The third-order valence-corrected chi connectivity index (χ3v) is 5.98. The Hall–Kier alpha value is -4.38. The lowest BCUT2D eigenvalue weighted by atomic mass is 9.80. The molecule has 11 heteroatoms. The summed E-state index contributed by atoms with van der Waals surface area (Å²) < 4.78 is 40.5. The Morgan fingerprint density at radius 3 is 2.07 bits per heavy atom. The summed E-state index contributed by atoms with van der Waals surface area (Å²) in [7, 11) is 0. The first-order valence-corrected chi connectivity index (χ1v) is 12.9. The molecule has 1 fully saturated rings. The van der Waals surface area contributed by atoms with Crippen LogP contribution in [0.5, 0.6) is 11.5 Å². The van der Waals surface area contributed by atoms with E-state index in [1.54, 1.807) is 60.7 Å². The van der Waals surface area contributed by atoms with Crippen molar-refractivity contribution >= 4 is 23.9 Å². The van der Waals surface area contributed by atoms with E-state index in [0.717, 1.165) is 6.92 Å². The molecule has 0 unspecified atom stereocenters. The van der Waals surface area contributed by atoms with Gasteiger partial charge in [-0.15, -0.1) is 0 Å². The highest BCUT2D eigenvalue weighted by atomic mass is 16.7. The molecule has 1 aliphatic heterocycles. The average Bonchev–Trinajstić information content (AvgIpc) is 2.91. The molecule has 1 saturated heterocycles. The zero-order valence-corrected chi connectivity index (χ0v) is 23.4. The maximum atomic E-state index is 12.7. The first-order chi connectivity index (χ1) is 19.5. The second-order valence-electron chi connectivity index (χ2n) is 9.31. The van der Waals surface area contributed by atoms with Gasteiger partial charge in [0.05, 0.1) is 0 Å². The zero-order chi connectivity index (χ0) is 30.0. The quantitative estimate of drug-likeness (QED) is 0.211. The fraction of sp³-hybridized carbons (Fsp3) is 0.400. The number of carbonyl (C=O) groups excluding carboxylic acids is 4. The molecule has 0 radical (unpaired) electrons. The third kappa shape index (κ3) is 8.55. The molecule has 41 heavy (non-hydrogen) atoms. The van der Waals surface area contributed by atoms with Crippen LogP contribution in [-0.4, -0.2) is 67.3 Å². The molecule has 1 aliphatic rings. The molecule has 2 aromatic rings. The molecule has 0 aliphatic carbocycles. The Morgan fingerprint density at radius 2 is 1.51 bits per heavy atom. The molecule has 2 aromatic carbocycles. The SMILES string of the molecule is C=CCOc1ccc(C[C@]2(OC(C)=O)[C@@H](Oc3ccccc3)O[C@H](COC(C)=O)[C@@H](OC(C)=O)[C@@H]2OC(C)=O)cc1. The highest BCUT2D eigenvalue weighted by molar-refractivity contribution is 5.69. The molecular formula is C30H34O11. The lowest BCUT2D eigenvalue weighted by molar-refractivity contribution is -0.326. The summed E-state index contributed by atoms with van der Waals surface area (Å²) in [5.74, 6) is -1.91. The summed E-state index contributed by atoms with van der Waals surface area (Å²) in [4.78, 5) is 49.0. The van der Waals surface area contributed by atoms with Gasteiger partial charge in [0, 0.05) is 34.1 Å². The zero-order valence-electron chi connectivity index (χ0n) is 23.4. The molecule has 0 bridgehead atoms. The van der Waals surface area contributed by atoms with Gasteiger partial charge in [-0.05, 0) is 29.8 Å². The van der Waals surface area contributed by atoms with Gasteiger partial charge in [-0.25, -0.2) is 0 Å². The van der Waals surface area contributed by atoms with E-state index in [4.69, 9.17) is 33.2 Å². The molecule has 11 nitrogen and oxygen atoms in total. The number of esters is 4. The van der Waals surface area contributed by atoms with Crippen LogP contribution in [0.1, 0.15) is 33.3 Å².